The van der Waals surface area contributed by atoms with E-state index in [-0.39, 0.29) is 10.8 Å². The lowest BCUT2D eigenvalue weighted by Gasteiger charge is -2.52. The van der Waals surface area contributed by atoms with Crippen LogP contribution in [0.2, 0.25) is 0 Å². The topological polar surface area (TPSA) is 61.1 Å². The molecule has 0 aromatic heterocycles. The summed E-state index contributed by atoms with van der Waals surface area (Å²) in [7, 11) is 0. The molecule has 0 bridgehead atoms. The van der Waals surface area contributed by atoms with Crippen LogP contribution < -0.4 is 0 Å². The lowest BCUT2D eigenvalue weighted by atomic mass is 9.53. The Labute approximate surface area is 132 Å². The van der Waals surface area contributed by atoms with Gasteiger partial charge in [0.2, 0.25) is 0 Å². The number of hydrogen-bond acceptors (Lipinski definition) is 2. The van der Waals surface area contributed by atoms with Gasteiger partial charge in [-0.2, -0.15) is 5.26 Å². The molecule has 3 heteroatoms. The molecule has 2 fully saturated rings. The third kappa shape index (κ3) is 2.05. The lowest BCUT2D eigenvalue weighted by Crippen LogP contribution is -2.42. The van der Waals surface area contributed by atoms with Crippen LogP contribution in [-0.2, 0) is 11.2 Å². The van der Waals surface area contributed by atoms with Crippen molar-refractivity contribution in [1.29, 1.82) is 5.26 Å². The second-order valence-corrected chi connectivity index (χ2v) is 7.90. The van der Waals surface area contributed by atoms with E-state index in [9.17, 15) is 15.2 Å². The minimum absolute atomic E-state index is 0.187. The summed E-state index contributed by atoms with van der Waals surface area (Å²) in [6, 6.07) is 12.1. The summed E-state index contributed by atoms with van der Waals surface area (Å²) in [5.74, 6) is -1.89. The molecule has 1 aromatic rings. The molecule has 2 aliphatic carbocycles. The Morgan fingerprint density at radius 2 is 1.77 bits per heavy atom. The maximum Gasteiger partial charge on any atom is 0.321 e. The summed E-state index contributed by atoms with van der Waals surface area (Å²) in [6.07, 6.45) is 4.67. The Balaban J connectivity index is 2.01. The van der Waals surface area contributed by atoms with Crippen LogP contribution in [0.5, 0.6) is 0 Å². The summed E-state index contributed by atoms with van der Waals surface area (Å²) >= 11 is 0. The highest BCUT2D eigenvalue weighted by atomic mass is 16.4. The van der Waals surface area contributed by atoms with E-state index in [1.165, 1.54) is 0 Å². The van der Waals surface area contributed by atoms with Crippen molar-refractivity contribution in [2.75, 3.05) is 0 Å². The van der Waals surface area contributed by atoms with Gasteiger partial charge in [0.15, 0.2) is 0 Å². The van der Waals surface area contributed by atoms with Crippen molar-refractivity contribution in [3.05, 3.63) is 35.9 Å². The largest absolute Gasteiger partial charge is 0.480 e. The van der Waals surface area contributed by atoms with E-state index in [0.29, 0.717) is 6.42 Å². The highest BCUT2D eigenvalue weighted by molar-refractivity contribution is 5.74. The first-order valence-electron chi connectivity index (χ1n) is 8.01. The first kappa shape index (κ1) is 15.1. The molecule has 1 N–H and O–H groups in total. The van der Waals surface area contributed by atoms with E-state index in [0.717, 1.165) is 31.2 Å². The van der Waals surface area contributed by atoms with Crippen LogP contribution in [0.25, 0.3) is 0 Å². The molecule has 2 saturated carbocycles. The number of hydrogen-bond donors (Lipinski definition) is 1. The number of carboxylic acid groups (broad SMARTS) is 1. The molecule has 3 nitrogen and oxygen atoms in total. The van der Waals surface area contributed by atoms with E-state index in [1.807, 2.05) is 30.3 Å². The molecule has 0 amide bonds. The van der Waals surface area contributed by atoms with Gasteiger partial charge in [-0.15, -0.1) is 0 Å². The van der Waals surface area contributed by atoms with Gasteiger partial charge in [0.05, 0.1) is 6.07 Å². The molecule has 22 heavy (non-hydrogen) atoms. The summed E-state index contributed by atoms with van der Waals surface area (Å²) in [5.41, 5.74) is 1.07. The molecule has 0 radical (unpaired) electrons. The summed E-state index contributed by atoms with van der Waals surface area (Å²) in [4.78, 5) is 11.7. The van der Waals surface area contributed by atoms with Crippen molar-refractivity contribution in [2.24, 2.45) is 22.2 Å². The average molecular weight is 297 g/mol. The van der Waals surface area contributed by atoms with Gasteiger partial charge in [0.1, 0.15) is 5.92 Å². The highest BCUT2D eigenvalue weighted by Gasteiger charge is 2.66. The Morgan fingerprint density at radius 1 is 1.23 bits per heavy atom. The number of nitrogens with zero attached hydrogens (tertiary/aromatic N) is 1. The van der Waals surface area contributed by atoms with Crippen LogP contribution >= 0.6 is 0 Å². The van der Waals surface area contributed by atoms with Crippen molar-refractivity contribution >= 4 is 5.97 Å². The van der Waals surface area contributed by atoms with Crippen molar-refractivity contribution < 1.29 is 9.90 Å². The Morgan fingerprint density at radius 3 is 2.18 bits per heavy atom. The number of benzene rings is 1. The van der Waals surface area contributed by atoms with Crippen LogP contribution in [0.15, 0.2) is 30.3 Å². The van der Waals surface area contributed by atoms with E-state index in [2.05, 4.69) is 19.9 Å². The predicted molar refractivity (Wildman–Crippen MR) is 84.0 cm³/mol. The SMILES string of the molecule is C[C@@]12CC[C@]1(C)CC(Cc1ccccc1)(C(C#N)C(=O)O)C2. The van der Waals surface area contributed by atoms with Crippen LogP contribution in [-0.4, -0.2) is 11.1 Å². The number of fused-ring (bicyclic) bond motifs is 1. The van der Waals surface area contributed by atoms with Crippen LogP contribution in [0.3, 0.4) is 0 Å². The molecule has 0 saturated heterocycles. The lowest BCUT2D eigenvalue weighted by molar-refractivity contribution is -0.144. The molecule has 4 atom stereocenters. The van der Waals surface area contributed by atoms with Crippen molar-refractivity contribution in [3.8, 4) is 6.07 Å². The number of aliphatic carboxylic acids is 1. The quantitative estimate of drug-likeness (QED) is 0.912. The zero-order chi connectivity index (χ0) is 16.0. The Hall–Kier alpha value is -1.82. The molecule has 0 spiro atoms. The van der Waals surface area contributed by atoms with Gasteiger partial charge in [0.25, 0.3) is 0 Å². The van der Waals surface area contributed by atoms with E-state index in [4.69, 9.17) is 0 Å². The number of rotatable bonds is 4. The van der Waals surface area contributed by atoms with E-state index >= 15 is 0 Å². The summed E-state index contributed by atoms with van der Waals surface area (Å²) < 4.78 is 0. The van der Waals surface area contributed by atoms with Crippen LogP contribution in [0.1, 0.15) is 45.1 Å². The zero-order valence-corrected chi connectivity index (χ0v) is 13.3. The zero-order valence-electron chi connectivity index (χ0n) is 13.3. The van der Waals surface area contributed by atoms with Crippen molar-refractivity contribution in [1.82, 2.24) is 0 Å². The Kier molecular flexibility index (Phi) is 3.32. The normalized spacial score (nSPS) is 37.7. The van der Waals surface area contributed by atoms with E-state index < -0.39 is 17.3 Å². The molecule has 0 heterocycles. The minimum atomic E-state index is -0.966. The van der Waals surface area contributed by atoms with Crippen LogP contribution in [0.4, 0.5) is 0 Å². The molecule has 2 aliphatic rings. The second-order valence-electron chi connectivity index (χ2n) is 7.90. The van der Waals surface area contributed by atoms with Gasteiger partial charge >= 0.3 is 5.97 Å². The fourth-order valence-electron chi connectivity index (χ4n) is 5.09. The molecule has 2 unspecified atom stereocenters. The third-order valence-electron chi connectivity index (χ3n) is 6.56. The van der Waals surface area contributed by atoms with Crippen molar-refractivity contribution in [3.63, 3.8) is 0 Å². The second kappa shape index (κ2) is 4.84. The standard InChI is InChI=1S/C19H23NO2/c1-17-8-9-18(17,2)13-19(12-17,15(11-20)16(21)22)10-14-6-4-3-5-7-14/h3-7,15H,8-10,12-13H2,1-2H3,(H,21,22)/t15?,17-,18+,19?. The minimum Gasteiger partial charge on any atom is -0.480 e. The highest BCUT2D eigenvalue weighted by Crippen LogP contribution is 2.73. The van der Waals surface area contributed by atoms with E-state index in [1.54, 1.807) is 0 Å². The summed E-state index contributed by atoms with van der Waals surface area (Å²) in [5, 5.41) is 19.1. The molecule has 1 aromatic carbocycles. The van der Waals surface area contributed by atoms with Gasteiger partial charge in [-0.1, -0.05) is 44.2 Å². The molecule has 0 aliphatic heterocycles. The predicted octanol–water partition coefficient (Wildman–Crippen LogP) is 4.04. The molecular formula is C19H23NO2. The van der Waals surface area contributed by atoms with Gasteiger partial charge in [-0.05, 0) is 48.5 Å². The fraction of sp³-hybridized carbons (Fsp3) is 0.579. The monoisotopic (exact) mass is 297 g/mol. The van der Waals surface area contributed by atoms with Gasteiger partial charge in [-0.25, -0.2) is 0 Å². The molecular weight excluding hydrogens is 274 g/mol. The Bertz CT molecular complexity index is 615. The van der Waals surface area contributed by atoms with Gasteiger partial charge in [-0.3, -0.25) is 4.79 Å². The van der Waals surface area contributed by atoms with Gasteiger partial charge in [0, 0.05) is 5.41 Å². The maximum atomic E-state index is 11.7. The average Bonchev–Trinajstić information content (AvgIpc) is 2.60. The number of nitriles is 1. The molecule has 3 rings (SSSR count). The first-order valence-corrected chi connectivity index (χ1v) is 8.01. The van der Waals surface area contributed by atoms with Crippen molar-refractivity contribution in [2.45, 2.75) is 46.0 Å². The van der Waals surface area contributed by atoms with Crippen LogP contribution in [0, 0.1) is 33.5 Å². The third-order valence-corrected chi connectivity index (χ3v) is 6.56. The number of carboxylic acids is 1. The smallest absolute Gasteiger partial charge is 0.321 e. The fourth-order valence-corrected chi connectivity index (χ4v) is 5.09. The van der Waals surface area contributed by atoms with Gasteiger partial charge < -0.3 is 5.11 Å². The molecule has 116 valence electrons. The number of carbonyl (C=O) groups is 1. The maximum absolute atomic E-state index is 11.7. The summed E-state index contributed by atoms with van der Waals surface area (Å²) in [6.45, 7) is 4.55. The first-order chi connectivity index (χ1) is 10.3.